The number of carbonyl (C=O) groups is 1. The van der Waals surface area contributed by atoms with Crippen molar-refractivity contribution in [2.75, 3.05) is 15.9 Å². The van der Waals surface area contributed by atoms with E-state index in [4.69, 9.17) is 27.9 Å². The number of anilines is 2. The highest BCUT2D eigenvalue weighted by Crippen LogP contribution is 2.40. The maximum absolute atomic E-state index is 13.1. The molecular weight excluding hydrogens is 497 g/mol. The molecule has 2 heterocycles. The van der Waals surface area contributed by atoms with E-state index >= 15 is 0 Å². The molecule has 2 aromatic carbocycles. The Morgan fingerprint density at radius 3 is 2.21 bits per heavy atom. The number of nitrogens with zero attached hydrogens (tertiary/aromatic N) is 1. The molecule has 3 atom stereocenters. The molecule has 2 aromatic rings. The molecule has 10 heteroatoms. The Balaban J connectivity index is 1.38. The summed E-state index contributed by atoms with van der Waals surface area (Å²) in [6.07, 6.45) is 4.94. The lowest BCUT2D eigenvalue weighted by Gasteiger charge is -2.41. The lowest BCUT2D eigenvalue weighted by atomic mass is 9.95. The van der Waals surface area contributed by atoms with Crippen LogP contribution in [0.15, 0.2) is 42.5 Å². The molecule has 2 bridgehead atoms. The van der Waals surface area contributed by atoms with Gasteiger partial charge in [-0.25, -0.2) is 8.42 Å². The SMILES string of the molecule is CC(C)(Oc1ccc(Cl)c(Cl)c1)C(=O)NC1C[C@H]2CC[C@@H](C1)N2c1ccc(NS(C)(=O)=O)cc1. The molecule has 0 spiro atoms. The number of carbonyl (C=O) groups excluding carboxylic acids is 1. The van der Waals surface area contributed by atoms with Gasteiger partial charge in [-0.3, -0.25) is 9.52 Å². The zero-order chi connectivity index (χ0) is 24.7. The van der Waals surface area contributed by atoms with Crippen molar-refractivity contribution in [3.8, 4) is 5.75 Å². The molecule has 0 aromatic heterocycles. The summed E-state index contributed by atoms with van der Waals surface area (Å²) >= 11 is 12.0. The number of benzene rings is 2. The number of ether oxygens (including phenoxy) is 1. The molecule has 0 saturated carbocycles. The van der Waals surface area contributed by atoms with E-state index in [1.54, 1.807) is 44.2 Å². The lowest BCUT2D eigenvalue weighted by molar-refractivity contribution is -0.135. The molecule has 4 rings (SSSR count). The number of rotatable bonds is 7. The fraction of sp³-hybridized carbons (Fsp3) is 0.458. The van der Waals surface area contributed by atoms with Gasteiger partial charge in [-0.05, 0) is 75.9 Å². The Bertz CT molecular complexity index is 1160. The first-order valence-electron chi connectivity index (χ1n) is 11.2. The third kappa shape index (κ3) is 5.73. The maximum atomic E-state index is 13.1. The molecule has 2 N–H and O–H groups in total. The Hall–Kier alpha value is -2.16. The Labute approximate surface area is 210 Å². The van der Waals surface area contributed by atoms with Crippen LogP contribution in [0.1, 0.15) is 39.5 Å². The summed E-state index contributed by atoms with van der Waals surface area (Å²) in [5, 5.41) is 3.99. The van der Waals surface area contributed by atoms with Crippen LogP contribution in [-0.4, -0.2) is 44.3 Å². The standard InChI is InChI=1S/C24H29Cl2N3O4S/c1-24(2,33-20-10-11-21(25)22(26)14-20)23(30)27-16-12-18-8-9-19(13-16)29(18)17-6-4-15(5-7-17)28-34(3,31)32/h4-7,10-11,14,16,18-19,28H,8-9,12-13H2,1-3H3,(H,27,30)/t16?,18-,19+. The van der Waals surface area contributed by atoms with E-state index in [0.717, 1.165) is 37.6 Å². The maximum Gasteiger partial charge on any atom is 0.263 e. The molecule has 2 saturated heterocycles. The van der Waals surface area contributed by atoms with Gasteiger partial charge in [0.25, 0.3) is 5.91 Å². The van der Waals surface area contributed by atoms with Gasteiger partial charge in [-0.1, -0.05) is 23.2 Å². The summed E-state index contributed by atoms with van der Waals surface area (Å²) in [5.41, 5.74) is 0.542. The number of fused-ring (bicyclic) bond motifs is 2. The van der Waals surface area contributed by atoms with Gasteiger partial charge in [0.1, 0.15) is 5.75 Å². The topological polar surface area (TPSA) is 87.7 Å². The highest BCUT2D eigenvalue weighted by Gasteiger charge is 2.42. The average molecular weight is 526 g/mol. The van der Waals surface area contributed by atoms with Crippen LogP contribution >= 0.6 is 23.2 Å². The lowest BCUT2D eigenvalue weighted by Crippen LogP contribution is -2.55. The Morgan fingerprint density at radius 2 is 1.65 bits per heavy atom. The smallest absolute Gasteiger partial charge is 0.263 e. The fourth-order valence-electron chi connectivity index (χ4n) is 4.87. The van der Waals surface area contributed by atoms with Crippen molar-refractivity contribution >= 4 is 50.5 Å². The third-order valence-corrected chi connectivity index (χ3v) is 7.69. The number of hydrogen-bond acceptors (Lipinski definition) is 5. The van der Waals surface area contributed by atoms with Crippen molar-refractivity contribution in [2.45, 2.75) is 63.3 Å². The van der Waals surface area contributed by atoms with Crippen molar-refractivity contribution in [1.82, 2.24) is 5.32 Å². The molecule has 184 valence electrons. The van der Waals surface area contributed by atoms with E-state index in [2.05, 4.69) is 14.9 Å². The minimum Gasteiger partial charge on any atom is -0.478 e. The number of nitrogens with one attached hydrogen (secondary N) is 2. The first-order chi connectivity index (χ1) is 15.9. The van der Waals surface area contributed by atoms with E-state index in [9.17, 15) is 13.2 Å². The Morgan fingerprint density at radius 1 is 1.03 bits per heavy atom. The normalized spacial score (nSPS) is 22.4. The zero-order valence-electron chi connectivity index (χ0n) is 19.3. The molecule has 1 amide bonds. The summed E-state index contributed by atoms with van der Waals surface area (Å²) < 4.78 is 31.3. The number of halogens is 2. The van der Waals surface area contributed by atoms with Gasteiger partial charge in [0, 0.05) is 35.6 Å². The minimum absolute atomic E-state index is 0.0594. The van der Waals surface area contributed by atoms with Crippen LogP contribution in [0.2, 0.25) is 10.0 Å². The van der Waals surface area contributed by atoms with Gasteiger partial charge in [-0.15, -0.1) is 0 Å². The summed E-state index contributed by atoms with van der Waals surface area (Å²) in [6, 6.07) is 13.1. The molecule has 2 aliphatic rings. The summed E-state index contributed by atoms with van der Waals surface area (Å²) in [6.45, 7) is 3.47. The van der Waals surface area contributed by atoms with Crippen molar-refractivity contribution in [3.05, 3.63) is 52.5 Å². The third-order valence-electron chi connectivity index (χ3n) is 6.35. The largest absolute Gasteiger partial charge is 0.478 e. The van der Waals surface area contributed by atoms with Crippen molar-refractivity contribution in [1.29, 1.82) is 0 Å². The van der Waals surface area contributed by atoms with Crippen molar-refractivity contribution < 1.29 is 17.9 Å². The van der Waals surface area contributed by atoms with E-state index in [1.807, 2.05) is 12.1 Å². The van der Waals surface area contributed by atoms with E-state index in [1.165, 1.54) is 0 Å². The molecule has 7 nitrogen and oxygen atoms in total. The summed E-state index contributed by atoms with van der Waals surface area (Å²) in [4.78, 5) is 15.5. The zero-order valence-corrected chi connectivity index (χ0v) is 21.7. The molecule has 0 aliphatic carbocycles. The fourth-order valence-corrected chi connectivity index (χ4v) is 5.72. The van der Waals surface area contributed by atoms with Crippen LogP contribution in [0.4, 0.5) is 11.4 Å². The minimum atomic E-state index is -3.31. The van der Waals surface area contributed by atoms with Crippen molar-refractivity contribution in [2.24, 2.45) is 0 Å². The second-order valence-electron chi connectivity index (χ2n) is 9.54. The van der Waals surface area contributed by atoms with Crippen LogP contribution < -0.4 is 19.7 Å². The molecule has 34 heavy (non-hydrogen) atoms. The molecule has 2 aliphatic heterocycles. The van der Waals surface area contributed by atoms with E-state index < -0.39 is 15.6 Å². The number of amides is 1. The monoisotopic (exact) mass is 525 g/mol. The van der Waals surface area contributed by atoms with Crippen molar-refractivity contribution in [3.63, 3.8) is 0 Å². The number of hydrogen-bond donors (Lipinski definition) is 2. The number of sulfonamides is 1. The number of piperidine rings is 1. The van der Waals surface area contributed by atoms with Crippen LogP contribution in [0.3, 0.4) is 0 Å². The van der Waals surface area contributed by atoms with Gasteiger partial charge in [0.2, 0.25) is 10.0 Å². The first kappa shape index (κ1) is 24.9. The molecule has 1 unspecified atom stereocenters. The van der Waals surface area contributed by atoms with Crippen LogP contribution in [0.5, 0.6) is 5.75 Å². The van der Waals surface area contributed by atoms with Gasteiger partial charge < -0.3 is 15.0 Å². The molecular formula is C24H29Cl2N3O4S. The van der Waals surface area contributed by atoms with Gasteiger partial charge in [-0.2, -0.15) is 0 Å². The predicted molar refractivity (Wildman–Crippen MR) is 137 cm³/mol. The predicted octanol–water partition coefficient (Wildman–Crippen LogP) is 4.84. The highest BCUT2D eigenvalue weighted by molar-refractivity contribution is 7.92. The van der Waals surface area contributed by atoms with Crippen LogP contribution in [0, 0.1) is 0 Å². The van der Waals surface area contributed by atoms with Gasteiger partial charge >= 0.3 is 0 Å². The van der Waals surface area contributed by atoms with Gasteiger partial charge in [0.15, 0.2) is 5.60 Å². The quantitative estimate of drug-likeness (QED) is 0.539. The molecule has 2 fully saturated rings. The average Bonchev–Trinajstić information content (AvgIpc) is 3.00. The summed E-state index contributed by atoms with van der Waals surface area (Å²) in [5.74, 6) is 0.311. The highest BCUT2D eigenvalue weighted by atomic mass is 35.5. The molecule has 0 radical (unpaired) electrons. The van der Waals surface area contributed by atoms with Gasteiger partial charge in [0.05, 0.1) is 16.3 Å². The summed E-state index contributed by atoms with van der Waals surface area (Å²) in [7, 11) is -3.31. The second kappa shape index (κ2) is 9.47. The Kier molecular flexibility index (Phi) is 6.95. The van der Waals surface area contributed by atoms with E-state index in [-0.39, 0.29) is 11.9 Å². The van der Waals surface area contributed by atoms with Crippen LogP contribution in [0.25, 0.3) is 0 Å². The second-order valence-corrected chi connectivity index (χ2v) is 12.1. The first-order valence-corrected chi connectivity index (χ1v) is 13.9. The van der Waals surface area contributed by atoms with Crippen LogP contribution in [-0.2, 0) is 14.8 Å². The van der Waals surface area contributed by atoms with E-state index in [0.29, 0.717) is 33.6 Å².